The van der Waals surface area contributed by atoms with E-state index < -0.39 is 8.07 Å². The van der Waals surface area contributed by atoms with Crippen LogP contribution in [0.4, 0.5) is 0 Å². The van der Waals surface area contributed by atoms with E-state index in [-0.39, 0.29) is 0 Å². The van der Waals surface area contributed by atoms with Gasteiger partial charge in [0.2, 0.25) is 0 Å². The molecule has 0 atom stereocenters. The molecule has 0 amide bonds. The van der Waals surface area contributed by atoms with Crippen molar-refractivity contribution in [3.63, 3.8) is 0 Å². The van der Waals surface area contributed by atoms with Gasteiger partial charge in [-0.15, -0.1) is 0 Å². The predicted octanol–water partition coefficient (Wildman–Crippen LogP) is 10.6. The fourth-order valence-corrected chi connectivity index (χ4v) is 13.5. The number of rotatable bonds is 7. The Morgan fingerprint density at radius 2 is 0.630 bits per heavy atom. The molecule has 9 aromatic carbocycles. The van der Waals surface area contributed by atoms with Gasteiger partial charge in [-0.05, 0) is 66.6 Å². The summed E-state index contributed by atoms with van der Waals surface area (Å²) >= 11 is 0. The van der Waals surface area contributed by atoms with E-state index >= 15 is 0 Å². The van der Waals surface area contributed by atoms with Crippen molar-refractivity contribution in [3.05, 3.63) is 224 Å². The van der Waals surface area contributed by atoms with Crippen molar-refractivity contribution in [1.82, 2.24) is 4.57 Å². The molecule has 0 saturated heterocycles. The lowest BCUT2D eigenvalue weighted by Crippen LogP contribution is -2.74. The third-order valence-electron chi connectivity index (χ3n) is 11.2. The highest BCUT2D eigenvalue weighted by Crippen LogP contribution is 2.38. The Balaban J connectivity index is 1.04. The van der Waals surface area contributed by atoms with Gasteiger partial charge >= 0.3 is 0 Å². The zero-order chi connectivity index (χ0) is 35.9. The third kappa shape index (κ3) is 5.15. The molecule has 0 saturated carbocycles. The average molecular weight is 704 g/mol. The Hall–Kier alpha value is -6.74. The summed E-state index contributed by atoms with van der Waals surface area (Å²) in [6, 6.07) is 82.7. The molecular weight excluding hydrogens is 667 g/mol. The van der Waals surface area contributed by atoms with Gasteiger partial charge in [0, 0.05) is 16.2 Å². The maximum Gasteiger partial charge on any atom is 0.179 e. The molecule has 10 rings (SSSR count). The summed E-state index contributed by atoms with van der Waals surface area (Å²) in [4.78, 5) is 0. The van der Waals surface area contributed by atoms with Gasteiger partial charge in [0.05, 0.1) is 16.7 Å². The summed E-state index contributed by atoms with van der Waals surface area (Å²) in [6.07, 6.45) is 0. The van der Waals surface area contributed by atoms with E-state index in [0.29, 0.717) is 0 Å². The number of hydrogen-bond donors (Lipinski definition) is 0. The molecule has 1 aromatic heterocycles. The SMILES string of the molecule is c1ccc([Si](c2ccccc2)(c2ccccc2)c2ccc(-c3ccc(-c4ccc(-n5c6ccccc6c6ccccc65)c5ccccc45)cc3)cc2)cc1. The zero-order valence-corrected chi connectivity index (χ0v) is 30.8. The molecule has 10 aromatic rings. The van der Waals surface area contributed by atoms with Crippen LogP contribution in [-0.2, 0) is 0 Å². The molecule has 54 heavy (non-hydrogen) atoms. The summed E-state index contributed by atoms with van der Waals surface area (Å²) in [5.74, 6) is 0. The van der Waals surface area contributed by atoms with Crippen LogP contribution in [0, 0.1) is 0 Å². The molecule has 1 nitrogen and oxygen atoms in total. The average Bonchev–Trinajstić information content (AvgIpc) is 3.59. The molecule has 0 aliphatic heterocycles. The van der Waals surface area contributed by atoms with Crippen LogP contribution in [-0.4, -0.2) is 12.6 Å². The lowest BCUT2D eigenvalue weighted by Gasteiger charge is -2.34. The van der Waals surface area contributed by atoms with Gasteiger partial charge in [-0.1, -0.05) is 206 Å². The van der Waals surface area contributed by atoms with Crippen LogP contribution in [0.5, 0.6) is 0 Å². The molecule has 1 heterocycles. The molecule has 0 bridgehead atoms. The molecule has 0 spiro atoms. The minimum Gasteiger partial charge on any atom is -0.309 e. The van der Waals surface area contributed by atoms with Crippen molar-refractivity contribution in [2.45, 2.75) is 0 Å². The summed E-state index contributed by atoms with van der Waals surface area (Å²) in [7, 11) is -2.56. The molecule has 0 aliphatic rings. The van der Waals surface area contributed by atoms with E-state index in [9.17, 15) is 0 Å². The number of nitrogens with zero attached hydrogens (tertiary/aromatic N) is 1. The normalized spacial score (nSPS) is 11.7. The highest BCUT2D eigenvalue weighted by molar-refractivity contribution is 7.19. The van der Waals surface area contributed by atoms with E-state index in [0.717, 1.165) is 0 Å². The second-order valence-electron chi connectivity index (χ2n) is 14.1. The van der Waals surface area contributed by atoms with Gasteiger partial charge in [-0.2, -0.15) is 0 Å². The van der Waals surface area contributed by atoms with Crippen molar-refractivity contribution in [2.75, 3.05) is 0 Å². The molecule has 0 radical (unpaired) electrons. The van der Waals surface area contributed by atoms with E-state index in [4.69, 9.17) is 0 Å². The first-order valence-corrected chi connectivity index (χ1v) is 20.7. The summed E-state index contributed by atoms with van der Waals surface area (Å²) in [6.45, 7) is 0. The molecule has 0 unspecified atom stereocenters. The van der Waals surface area contributed by atoms with Crippen LogP contribution in [0.25, 0.3) is 60.5 Å². The van der Waals surface area contributed by atoms with Gasteiger partial charge in [0.15, 0.2) is 8.07 Å². The topological polar surface area (TPSA) is 4.93 Å². The van der Waals surface area contributed by atoms with Crippen molar-refractivity contribution in [1.29, 1.82) is 0 Å². The third-order valence-corrected chi connectivity index (χ3v) is 16.0. The van der Waals surface area contributed by atoms with Crippen molar-refractivity contribution in [3.8, 4) is 27.9 Å². The first-order valence-electron chi connectivity index (χ1n) is 18.7. The lowest BCUT2D eigenvalue weighted by atomic mass is 9.95. The number of aromatic nitrogens is 1. The Bertz CT molecular complexity index is 2740. The number of hydrogen-bond acceptors (Lipinski definition) is 0. The maximum absolute atomic E-state index is 2.56. The van der Waals surface area contributed by atoms with Crippen molar-refractivity contribution in [2.24, 2.45) is 0 Å². The first-order chi connectivity index (χ1) is 26.8. The Kier molecular flexibility index (Phi) is 7.90. The monoisotopic (exact) mass is 703 g/mol. The molecular formula is C52H37NSi. The highest BCUT2D eigenvalue weighted by Gasteiger charge is 2.41. The van der Waals surface area contributed by atoms with Crippen molar-refractivity contribution >= 4 is 61.4 Å². The molecule has 0 N–H and O–H groups in total. The van der Waals surface area contributed by atoms with E-state index in [1.165, 1.54) is 81.3 Å². The Labute approximate surface area is 317 Å². The molecule has 254 valence electrons. The quantitative estimate of drug-likeness (QED) is 0.115. The lowest BCUT2D eigenvalue weighted by molar-refractivity contribution is 1.20. The summed E-state index contributed by atoms with van der Waals surface area (Å²) in [5, 5.41) is 10.6. The van der Waals surface area contributed by atoms with Crippen LogP contribution in [0.15, 0.2) is 224 Å². The van der Waals surface area contributed by atoms with E-state index in [1.54, 1.807) is 0 Å². The Morgan fingerprint density at radius 1 is 0.259 bits per heavy atom. The van der Waals surface area contributed by atoms with Crippen LogP contribution in [0.2, 0.25) is 0 Å². The number of benzene rings is 9. The first kappa shape index (κ1) is 31.9. The standard InChI is InChI=1S/C52H37NSi/c1-4-16-41(17-5-1)54(42-18-6-2-7-19-42,43-20-8-3-9-21-43)44-34-32-39(33-35-44)38-28-30-40(31-29-38)45-36-37-52(47-23-11-10-22-46(45)47)53-50-26-14-12-24-48(50)49-25-13-15-27-51(49)53/h1-37H. The second-order valence-corrected chi connectivity index (χ2v) is 17.9. The van der Waals surface area contributed by atoms with Gasteiger partial charge in [0.1, 0.15) is 0 Å². The van der Waals surface area contributed by atoms with Gasteiger partial charge in [-0.3, -0.25) is 0 Å². The van der Waals surface area contributed by atoms with Crippen LogP contribution >= 0.6 is 0 Å². The minimum absolute atomic E-state index is 1.20. The fraction of sp³-hybridized carbons (Fsp3) is 0. The molecule has 0 aliphatic carbocycles. The number of fused-ring (bicyclic) bond motifs is 4. The fourth-order valence-electron chi connectivity index (χ4n) is 8.73. The van der Waals surface area contributed by atoms with Crippen LogP contribution in [0.3, 0.4) is 0 Å². The maximum atomic E-state index is 2.43. The van der Waals surface area contributed by atoms with Crippen LogP contribution < -0.4 is 20.7 Å². The van der Waals surface area contributed by atoms with Crippen molar-refractivity contribution < 1.29 is 0 Å². The predicted molar refractivity (Wildman–Crippen MR) is 233 cm³/mol. The molecule has 0 fully saturated rings. The summed E-state index contributed by atoms with van der Waals surface area (Å²) in [5.41, 5.74) is 8.53. The number of para-hydroxylation sites is 2. The van der Waals surface area contributed by atoms with Gasteiger partial charge < -0.3 is 4.57 Å². The smallest absolute Gasteiger partial charge is 0.179 e. The van der Waals surface area contributed by atoms with E-state index in [1.807, 2.05) is 0 Å². The second kappa shape index (κ2) is 13.3. The zero-order valence-electron chi connectivity index (χ0n) is 29.8. The summed E-state index contributed by atoms with van der Waals surface area (Å²) < 4.78 is 2.43. The highest BCUT2D eigenvalue weighted by atomic mass is 28.3. The largest absolute Gasteiger partial charge is 0.309 e. The van der Waals surface area contributed by atoms with E-state index in [2.05, 4.69) is 229 Å². The molecule has 2 heteroatoms. The Morgan fingerprint density at radius 3 is 1.13 bits per heavy atom. The van der Waals surface area contributed by atoms with Crippen LogP contribution in [0.1, 0.15) is 0 Å². The van der Waals surface area contributed by atoms with Gasteiger partial charge in [0.25, 0.3) is 0 Å². The minimum atomic E-state index is -2.56. The van der Waals surface area contributed by atoms with Gasteiger partial charge in [-0.25, -0.2) is 0 Å².